The molecule has 7 nitrogen and oxygen atoms in total. The van der Waals surface area contributed by atoms with E-state index in [0.29, 0.717) is 6.42 Å². The second kappa shape index (κ2) is 11.7. The minimum atomic E-state index is 0.259. The van der Waals surface area contributed by atoms with Crippen LogP contribution in [0.4, 0.5) is 0 Å². The number of para-hydroxylation sites is 2. The Labute approximate surface area is 219 Å². The topological polar surface area (TPSA) is 65.2 Å². The Morgan fingerprint density at radius 3 is 2.78 bits per heavy atom. The quantitative estimate of drug-likeness (QED) is 0.280. The van der Waals surface area contributed by atoms with Crippen LogP contribution in [0.3, 0.4) is 0 Å². The molecule has 0 radical (unpaired) electrons. The molecule has 1 saturated heterocycles. The lowest BCUT2D eigenvalue weighted by Gasteiger charge is -2.33. The van der Waals surface area contributed by atoms with Crippen LogP contribution >= 0.6 is 0 Å². The van der Waals surface area contributed by atoms with E-state index in [1.54, 1.807) is 19.6 Å². The van der Waals surface area contributed by atoms with Crippen LogP contribution in [0.5, 0.6) is 0 Å². The van der Waals surface area contributed by atoms with Crippen molar-refractivity contribution in [2.45, 2.75) is 51.5 Å². The van der Waals surface area contributed by atoms with Gasteiger partial charge in [-0.15, -0.1) is 0 Å². The van der Waals surface area contributed by atoms with Gasteiger partial charge in [-0.05, 0) is 61.4 Å². The molecule has 0 aliphatic carbocycles. The van der Waals surface area contributed by atoms with Crippen molar-refractivity contribution in [3.63, 3.8) is 0 Å². The van der Waals surface area contributed by atoms with Crippen LogP contribution in [0.25, 0.3) is 16.7 Å². The summed E-state index contributed by atoms with van der Waals surface area (Å²) < 4.78 is 9.64. The number of carbonyl (C=O) groups excluding carboxylic acids is 1. The monoisotopic (exact) mass is 499 g/mol. The molecule has 1 fully saturated rings. The maximum atomic E-state index is 13.3. The molecular weight excluding hydrogens is 462 g/mol. The van der Waals surface area contributed by atoms with E-state index >= 15 is 0 Å². The zero-order valence-electron chi connectivity index (χ0n) is 21.9. The first-order valence-corrected chi connectivity index (χ1v) is 13.4. The summed E-state index contributed by atoms with van der Waals surface area (Å²) in [7, 11) is 1.75. The van der Waals surface area contributed by atoms with Crippen molar-refractivity contribution < 1.29 is 9.53 Å². The van der Waals surface area contributed by atoms with Gasteiger partial charge in [0.05, 0.1) is 17.4 Å². The number of likely N-dealkylation sites (tertiary alicyclic amines) is 1. The zero-order chi connectivity index (χ0) is 25.6. The molecule has 0 spiro atoms. The van der Waals surface area contributed by atoms with Gasteiger partial charge in [0.2, 0.25) is 5.91 Å². The molecule has 0 unspecified atom stereocenters. The highest BCUT2D eigenvalue weighted by atomic mass is 16.5. The van der Waals surface area contributed by atoms with Gasteiger partial charge in [-0.3, -0.25) is 4.79 Å². The molecule has 0 N–H and O–H groups in total. The van der Waals surface area contributed by atoms with E-state index in [9.17, 15) is 4.79 Å². The molecule has 4 aromatic rings. The van der Waals surface area contributed by atoms with Gasteiger partial charge in [-0.25, -0.2) is 9.97 Å². The van der Waals surface area contributed by atoms with Crippen LogP contribution in [0, 0.1) is 5.92 Å². The third-order valence-electron chi connectivity index (χ3n) is 7.40. The second-order valence-corrected chi connectivity index (χ2v) is 10.3. The Hall–Kier alpha value is -3.45. The number of hydrogen-bond donors (Lipinski definition) is 0. The fourth-order valence-corrected chi connectivity index (χ4v) is 5.54. The van der Waals surface area contributed by atoms with Crippen LogP contribution in [0.2, 0.25) is 0 Å². The van der Waals surface area contributed by atoms with Crippen LogP contribution in [0.1, 0.15) is 49.9 Å². The Kier molecular flexibility index (Phi) is 7.99. The Balaban J connectivity index is 1.22. The summed E-state index contributed by atoms with van der Waals surface area (Å²) in [4.78, 5) is 24.5. The molecule has 37 heavy (non-hydrogen) atoms. The predicted octanol–water partition coefficient (Wildman–Crippen LogP) is 5.23. The zero-order valence-corrected chi connectivity index (χ0v) is 21.9. The number of piperidine rings is 1. The molecule has 2 aromatic carbocycles. The van der Waals surface area contributed by atoms with Gasteiger partial charge in [0.25, 0.3) is 0 Å². The second-order valence-electron chi connectivity index (χ2n) is 10.3. The highest BCUT2D eigenvalue weighted by Gasteiger charge is 2.29. The highest BCUT2D eigenvalue weighted by Crippen LogP contribution is 2.30. The molecule has 194 valence electrons. The maximum absolute atomic E-state index is 13.3. The third-order valence-corrected chi connectivity index (χ3v) is 7.40. The van der Waals surface area contributed by atoms with E-state index in [4.69, 9.17) is 9.72 Å². The molecule has 2 aromatic heterocycles. The SMILES string of the molecule is COCCCn1c([C@@H]2CCCN(C(=O)C[C@H](C)Cc3ccc(-n4ccnc4)cc3)C2)nc2ccccc21. The smallest absolute Gasteiger partial charge is 0.222 e. The number of imidazole rings is 2. The van der Waals surface area contributed by atoms with Crippen molar-refractivity contribution in [3.05, 3.63) is 78.6 Å². The van der Waals surface area contributed by atoms with E-state index in [1.165, 1.54) is 11.1 Å². The van der Waals surface area contributed by atoms with Crippen molar-refractivity contribution in [2.75, 3.05) is 26.8 Å². The molecular formula is C30H37N5O2. The number of fused-ring (bicyclic) bond motifs is 1. The minimum absolute atomic E-state index is 0.259. The summed E-state index contributed by atoms with van der Waals surface area (Å²) in [6.07, 6.45) is 10.0. The minimum Gasteiger partial charge on any atom is -0.385 e. The van der Waals surface area contributed by atoms with E-state index in [-0.39, 0.29) is 17.7 Å². The van der Waals surface area contributed by atoms with E-state index < -0.39 is 0 Å². The lowest BCUT2D eigenvalue weighted by molar-refractivity contribution is -0.133. The van der Waals surface area contributed by atoms with Crippen LogP contribution in [-0.2, 0) is 22.5 Å². The average Bonchev–Trinajstić information content (AvgIpc) is 3.58. The molecule has 5 rings (SSSR count). The van der Waals surface area contributed by atoms with E-state index in [1.807, 2.05) is 16.8 Å². The molecule has 0 saturated carbocycles. The Morgan fingerprint density at radius 2 is 2.00 bits per heavy atom. The van der Waals surface area contributed by atoms with Crippen LogP contribution in [-0.4, -0.2) is 56.7 Å². The van der Waals surface area contributed by atoms with Gasteiger partial charge in [-0.1, -0.05) is 31.2 Å². The molecule has 3 heterocycles. The summed E-state index contributed by atoms with van der Waals surface area (Å²) in [6.45, 7) is 5.37. The number of benzene rings is 2. The fourth-order valence-electron chi connectivity index (χ4n) is 5.54. The van der Waals surface area contributed by atoms with Gasteiger partial charge in [0, 0.05) is 63.8 Å². The molecule has 0 bridgehead atoms. The molecule has 1 aliphatic rings. The number of rotatable bonds is 10. The lowest BCUT2D eigenvalue weighted by atomic mass is 9.94. The summed E-state index contributed by atoms with van der Waals surface area (Å²) in [5, 5.41) is 0. The number of ether oxygens (including phenoxy) is 1. The summed E-state index contributed by atoms with van der Waals surface area (Å²) >= 11 is 0. The molecule has 7 heteroatoms. The number of hydrogen-bond acceptors (Lipinski definition) is 4. The first kappa shape index (κ1) is 25.2. The van der Waals surface area contributed by atoms with Gasteiger partial charge in [-0.2, -0.15) is 0 Å². The van der Waals surface area contributed by atoms with Crippen molar-refractivity contribution in [1.29, 1.82) is 0 Å². The van der Waals surface area contributed by atoms with Crippen molar-refractivity contribution in [2.24, 2.45) is 5.92 Å². The number of methoxy groups -OCH3 is 1. The number of carbonyl (C=O) groups is 1. The summed E-state index contributed by atoms with van der Waals surface area (Å²) in [5.41, 5.74) is 4.55. The van der Waals surface area contributed by atoms with Crippen molar-refractivity contribution in [3.8, 4) is 5.69 Å². The van der Waals surface area contributed by atoms with Crippen LogP contribution in [0.15, 0.2) is 67.3 Å². The summed E-state index contributed by atoms with van der Waals surface area (Å²) in [6, 6.07) is 16.9. The molecule has 1 amide bonds. The van der Waals surface area contributed by atoms with Gasteiger partial charge in [0.15, 0.2) is 0 Å². The molecule has 1 aliphatic heterocycles. The number of amides is 1. The third kappa shape index (κ3) is 5.93. The number of aromatic nitrogens is 4. The highest BCUT2D eigenvalue weighted by molar-refractivity contribution is 5.77. The van der Waals surface area contributed by atoms with Gasteiger partial charge in [0.1, 0.15) is 5.82 Å². The Bertz CT molecular complexity index is 1300. The van der Waals surface area contributed by atoms with E-state index in [2.05, 4.69) is 63.8 Å². The first-order chi connectivity index (χ1) is 18.1. The van der Waals surface area contributed by atoms with Crippen molar-refractivity contribution >= 4 is 16.9 Å². The summed E-state index contributed by atoms with van der Waals surface area (Å²) in [5.74, 6) is 1.92. The Morgan fingerprint density at radius 1 is 1.16 bits per heavy atom. The fraction of sp³-hybridized carbons (Fsp3) is 0.433. The largest absolute Gasteiger partial charge is 0.385 e. The standard InChI is InChI=1S/C30H37N5O2/c1-23(19-24-10-12-26(13-11-24)34-17-14-31-22-34)20-29(36)33-15-5-7-25(21-33)30-32-27-8-3-4-9-28(27)35(30)16-6-18-37-2/h3-4,8-14,17,22-23,25H,5-7,15-16,18-21H2,1-2H3/t23-,25-/m1/s1. The number of aryl methyl sites for hydroxylation is 1. The maximum Gasteiger partial charge on any atom is 0.222 e. The first-order valence-electron chi connectivity index (χ1n) is 13.4. The lowest BCUT2D eigenvalue weighted by Crippen LogP contribution is -2.40. The van der Waals surface area contributed by atoms with Gasteiger partial charge >= 0.3 is 0 Å². The van der Waals surface area contributed by atoms with Crippen LogP contribution < -0.4 is 0 Å². The molecule has 2 atom stereocenters. The van der Waals surface area contributed by atoms with E-state index in [0.717, 1.165) is 69.0 Å². The van der Waals surface area contributed by atoms with Crippen molar-refractivity contribution in [1.82, 2.24) is 24.0 Å². The normalized spacial score (nSPS) is 16.8. The van der Waals surface area contributed by atoms with Gasteiger partial charge < -0.3 is 18.8 Å². The number of nitrogens with zero attached hydrogens (tertiary/aromatic N) is 5. The predicted molar refractivity (Wildman–Crippen MR) is 146 cm³/mol. The average molecular weight is 500 g/mol.